The standard InChI is InChI=1S/C46H69NO4/c1-41(2)32(30-50-29-31-14-9-8-10-15-31)28-35(41)39(48)51-38-20-22-43(5)36(42(38,3)4)19-23-45(7)37(43)18-17-33-34-16-13-21-46(34,25-24-44(33,45)6)40(49)47-26-11-12-27-47/h8-10,14-15,32-38H,11-13,16-30H2,1-7H3. The van der Waals surface area contributed by atoms with E-state index in [4.69, 9.17) is 9.47 Å². The summed E-state index contributed by atoms with van der Waals surface area (Å²) in [7, 11) is 0. The largest absolute Gasteiger partial charge is 0.462 e. The highest BCUT2D eigenvalue weighted by atomic mass is 16.5. The van der Waals surface area contributed by atoms with Gasteiger partial charge < -0.3 is 14.4 Å². The first-order valence-electron chi connectivity index (χ1n) is 21.3. The van der Waals surface area contributed by atoms with E-state index in [-0.39, 0.29) is 45.1 Å². The number of amides is 1. The maximum absolute atomic E-state index is 14.3. The van der Waals surface area contributed by atoms with Crippen LogP contribution >= 0.6 is 0 Å². The number of carbonyl (C=O) groups is 2. The van der Waals surface area contributed by atoms with E-state index in [1.807, 2.05) is 6.07 Å². The number of benzene rings is 1. The summed E-state index contributed by atoms with van der Waals surface area (Å²) >= 11 is 0. The molecule has 5 heteroatoms. The normalized spacial score (nSPS) is 45.1. The molecule has 1 aromatic rings. The maximum Gasteiger partial charge on any atom is 0.309 e. The zero-order valence-electron chi connectivity index (χ0n) is 33.2. The molecule has 1 heterocycles. The highest BCUT2D eigenvalue weighted by molar-refractivity contribution is 5.84. The lowest BCUT2D eigenvalue weighted by Crippen LogP contribution is -2.67. The molecule has 0 bridgehead atoms. The zero-order valence-corrected chi connectivity index (χ0v) is 33.2. The second-order valence-corrected chi connectivity index (χ2v) is 20.9. The summed E-state index contributed by atoms with van der Waals surface area (Å²) in [6.45, 7) is 20.7. The Kier molecular flexibility index (Phi) is 8.92. The topological polar surface area (TPSA) is 55.8 Å². The van der Waals surface area contributed by atoms with Crippen LogP contribution in [0.3, 0.4) is 0 Å². The fraction of sp³-hybridized carbons (Fsp3) is 0.826. The second-order valence-electron chi connectivity index (χ2n) is 20.9. The fourth-order valence-electron chi connectivity index (χ4n) is 15.2. The van der Waals surface area contributed by atoms with Crippen molar-refractivity contribution in [3.05, 3.63) is 35.9 Å². The Morgan fingerprint density at radius 3 is 2.20 bits per heavy atom. The lowest BCUT2D eigenvalue weighted by molar-refractivity contribution is -0.250. The van der Waals surface area contributed by atoms with Crippen LogP contribution < -0.4 is 0 Å². The third-order valence-corrected chi connectivity index (χ3v) is 18.6. The van der Waals surface area contributed by atoms with Gasteiger partial charge in [-0.15, -0.1) is 0 Å². The number of esters is 1. The van der Waals surface area contributed by atoms with Crippen molar-refractivity contribution in [2.45, 2.75) is 151 Å². The molecular weight excluding hydrogens is 631 g/mol. The van der Waals surface area contributed by atoms with Gasteiger partial charge in [-0.3, -0.25) is 9.59 Å². The van der Waals surface area contributed by atoms with Gasteiger partial charge in [0, 0.05) is 18.5 Å². The Morgan fingerprint density at radius 1 is 0.725 bits per heavy atom. The van der Waals surface area contributed by atoms with Crippen LogP contribution in [0.15, 0.2) is 30.3 Å². The van der Waals surface area contributed by atoms with Crippen LogP contribution in [0.2, 0.25) is 0 Å². The molecule has 11 unspecified atom stereocenters. The Balaban J connectivity index is 0.937. The number of likely N-dealkylation sites (tertiary alicyclic amines) is 1. The van der Waals surface area contributed by atoms with Crippen molar-refractivity contribution in [2.24, 2.45) is 68.0 Å². The average molecular weight is 700 g/mol. The van der Waals surface area contributed by atoms with Gasteiger partial charge in [0.2, 0.25) is 5.91 Å². The van der Waals surface area contributed by atoms with Crippen molar-refractivity contribution < 1.29 is 19.1 Å². The van der Waals surface area contributed by atoms with Gasteiger partial charge in [-0.1, -0.05) is 85.2 Å². The summed E-state index contributed by atoms with van der Waals surface area (Å²) in [6, 6.07) is 10.4. The van der Waals surface area contributed by atoms with Gasteiger partial charge in [-0.25, -0.2) is 0 Å². The Labute approximate surface area is 309 Å². The monoisotopic (exact) mass is 700 g/mol. The molecule has 7 aliphatic rings. The van der Waals surface area contributed by atoms with Gasteiger partial charge >= 0.3 is 5.97 Å². The van der Waals surface area contributed by atoms with E-state index in [9.17, 15) is 9.59 Å². The molecule has 6 aliphatic carbocycles. The molecule has 7 fully saturated rings. The van der Waals surface area contributed by atoms with E-state index in [1.54, 1.807) is 0 Å². The van der Waals surface area contributed by atoms with Crippen LogP contribution in [0.1, 0.15) is 144 Å². The van der Waals surface area contributed by atoms with Crippen LogP contribution in [0.25, 0.3) is 0 Å². The average Bonchev–Trinajstić information content (AvgIpc) is 3.79. The molecule has 1 saturated heterocycles. The minimum Gasteiger partial charge on any atom is -0.462 e. The molecule has 0 aromatic heterocycles. The molecule has 1 amide bonds. The van der Waals surface area contributed by atoms with Gasteiger partial charge in [-0.05, 0) is 140 Å². The molecule has 5 nitrogen and oxygen atoms in total. The lowest BCUT2D eigenvalue weighted by atomic mass is 9.32. The van der Waals surface area contributed by atoms with Crippen LogP contribution in [0.4, 0.5) is 0 Å². The van der Waals surface area contributed by atoms with Gasteiger partial charge in [-0.2, -0.15) is 0 Å². The highest BCUT2D eigenvalue weighted by Gasteiger charge is 2.71. The van der Waals surface area contributed by atoms with Crippen molar-refractivity contribution in [3.8, 4) is 0 Å². The molecule has 282 valence electrons. The van der Waals surface area contributed by atoms with Crippen LogP contribution in [0, 0.1) is 68.0 Å². The molecule has 1 aromatic carbocycles. The Morgan fingerprint density at radius 2 is 1.47 bits per heavy atom. The van der Waals surface area contributed by atoms with Crippen molar-refractivity contribution in [2.75, 3.05) is 19.7 Å². The number of nitrogens with zero attached hydrogens (tertiary/aromatic N) is 1. The van der Waals surface area contributed by atoms with Crippen molar-refractivity contribution >= 4 is 11.9 Å². The Hall–Kier alpha value is -1.88. The first-order valence-corrected chi connectivity index (χ1v) is 21.3. The number of ether oxygens (including phenoxy) is 2. The molecule has 0 N–H and O–H groups in total. The first-order chi connectivity index (χ1) is 24.2. The van der Waals surface area contributed by atoms with Gasteiger partial charge in [0.15, 0.2) is 0 Å². The summed E-state index contributed by atoms with van der Waals surface area (Å²) < 4.78 is 12.8. The van der Waals surface area contributed by atoms with Gasteiger partial charge in [0.05, 0.1) is 24.5 Å². The zero-order chi connectivity index (χ0) is 36.0. The molecule has 0 radical (unpaired) electrons. The van der Waals surface area contributed by atoms with Crippen molar-refractivity contribution in [1.29, 1.82) is 0 Å². The van der Waals surface area contributed by atoms with E-state index in [0.29, 0.717) is 54.1 Å². The number of fused-ring (bicyclic) bond motifs is 7. The minimum absolute atomic E-state index is 0.0195. The molecule has 1 aliphatic heterocycles. The van der Waals surface area contributed by atoms with E-state index in [1.165, 1.54) is 63.4 Å². The van der Waals surface area contributed by atoms with Crippen LogP contribution in [0.5, 0.6) is 0 Å². The van der Waals surface area contributed by atoms with Crippen molar-refractivity contribution in [1.82, 2.24) is 4.90 Å². The highest BCUT2D eigenvalue weighted by Crippen LogP contribution is 2.77. The molecule has 6 saturated carbocycles. The SMILES string of the molecule is CC1(C)C(COCc2ccccc2)CC1C(=O)OC1CCC2(C)C(CCC3(C)C2CCC2C4CCCC4(C(=O)N4CCCC4)CCC23C)C1(C)C. The lowest BCUT2D eigenvalue weighted by Gasteiger charge is -2.72. The minimum atomic E-state index is -0.113. The summed E-state index contributed by atoms with van der Waals surface area (Å²) in [5, 5.41) is 0. The smallest absolute Gasteiger partial charge is 0.309 e. The van der Waals surface area contributed by atoms with E-state index in [0.717, 1.165) is 45.2 Å². The number of hydrogen-bond donors (Lipinski definition) is 0. The molecule has 0 spiro atoms. The third kappa shape index (κ3) is 5.29. The summed E-state index contributed by atoms with van der Waals surface area (Å²) in [4.78, 5) is 30.4. The Bertz CT molecular complexity index is 1480. The molecule has 8 rings (SSSR count). The van der Waals surface area contributed by atoms with Gasteiger partial charge in [0.25, 0.3) is 0 Å². The van der Waals surface area contributed by atoms with Gasteiger partial charge in [0.1, 0.15) is 6.10 Å². The third-order valence-electron chi connectivity index (χ3n) is 18.6. The summed E-state index contributed by atoms with van der Waals surface area (Å²) in [5.41, 5.74) is 1.78. The summed E-state index contributed by atoms with van der Waals surface area (Å²) in [6.07, 6.45) is 16.4. The van der Waals surface area contributed by atoms with Crippen LogP contribution in [-0.2, 0) is 25.7 Å². The second kappa shape index (κ2) is 12.6. The van der Waals surface area contributed by atoms with Crippen LogP contribution in [-0.4, -0.2) is 42.6 Å². The predicted molar refractivity (Wildman–Crippen MR) is 202 cm³/mol. The fourth-order valence-corrected chi connectivity index (χ4v) is 15.2. The van der Waals surface area contributed by atoms with Crippen molar-refractivity contribution in [3.63, 3.8) is 0 Å². The summed E-state index contributed by atoms with van der Waals surface area (Å²) in [5.74, 6) is 3.38. The predicted octanol–water partition coefficient (Wildman–Crippen LogP) is 10.3. The van der Waals surface area contributed by atoms with E-state index < -0.39 is 0 Å². The molecular formula is C46H69NO4. The number of rotatable bonds is 7. The van der Waals surface area contributed by atoms with E-state index >= 15 is 0 Å². The van der Waals surface area contributed by atoms with E-state index in [2.05, 4.69) is 77.6 Å². The first kappa shape index (κ1) is 36.1. The maximum atomic E-state index is 14.3. The number of carbonyl (C=O) groups excluding carboxylic acids is 2. The molecule has 51 heavy (non-hydrogen) atoms. The molecule has 11 atom stereocenters. The number of hydrogen-bond acceptors (Lipinski definition) is 4. The quantitative estimate of drug-likeness (QED) is 0.266.